The van der Waals surface area contributed by atoms with Crippen molar-refractivity contribution in [2.45, 2.75) is 45.6 Å². The summed E-state index contributed by atoms with van der Waals surface area (Å²) in [5.74, 6) is -0.0851. The van der Waals surface area contributed by atoms with Gasteiger partial charge in [-0.2, -0.15) is 5.26 Å². The number of rotatable bonds is 1. The van der Waals surface area contributed by atoms with E-state index in [0.29, 0.717) is 0 Å². The summed E-state index contributed by atoms with van der Waals surface area (Å²) in [4.78, 5) is 4.47. The van der Waals surface area contributed by atoms with Crippen LogP contribution in [-0.4, -0.2) is 23.5 Å². The average molecular weight is 220 g/mol. The van der Waals surface area contributed by atoms with Crippen molar-refractivity contribution >= 4 is 5.71 Å². The highest BCUT2D eigenvalue weighted by Gasteiger charge is 2.11. The second-order valence-electron chi connectivity index (χ2n) is 4.41. The summed E-state index contributed by atoms with van der Waals surface area (Å²) < 4.78 is 0. The Morgan fingerprint density at radius 1 is 1.56 bits per heavy atom. The SMILES string of the molecule is CC1=NCCCC(O)CC/C1=C/C(C)C#N. The first kappa shape index (κ1) is 12.9. The van der Waals surface area contributed by atoms with Crippen molar-refractivity contribution in [2.75, 3.05) is 6.54 Å². The Bertz CT molecular complexity index is 325. The molecule has 1 heterocycles. The van der Waals surface area contributed by atoms with Crippen molar-refractivity contribution in [3.8, 4) is 6.07 Å². The van der Waals surface area contributed by atoms with E-state index < -0.39 is 0 Å². The molecule has 2 atom stereocenters. The number of nitriles is 1. The van der Waals surface area contributed by atoms with Crippen molar-refractivity contribution in [3.05, 3.63) is 11.6 Å². The molecule has 3 nitrogen and oxygen atoms in total. The van der Waals surface area contributed by atoms with E-state index in [1.807, 2.05) is 19.9 Å². The summed E-state index contributed by atoms with van der Waals surface area (Å²) in [6.07, 6.45) is 5.12. The number of aliphatic hydroxyl groups excluding tert-OH is 1. The second kappa shape index (κ2) is 6.44. The fraction of sp³-hybridized carbons (Fsp3) is 0.692. The molecule has 1 N–H and O–H groups in total. The maximum absolute atomic E-state index is 9.69. The molecule has 88 valence electrons. The molecule has 2 unspecified atom stereocenters. The molecule has 0 amide bonds. The molecule has 1 aliphatic heterocycles. The maximum atomic E-state index is 9.69. The zero-order valence-corrected chi connectivity index (χ0v) is 10.1. The fourth-order valence-corrected chi connectivity index (χ4v) is 1.87. The van der Waals surface area contributed by atoms with E-state index in [4.69, 9.17) is 5.26 Å². The molecule has 0 spiro atoms. The highest BCUT2D eigenvalue weighted by atomic mass is 16.3. The van der Waals surface area contributed by atoms with Crippen LogP contribution in [0.3, 0.4) is 0 Å². The molecule has 0 aliphatic carbocycles. The average Bonchev–Trinajstić information content (AvgIpc) is 2.34. The Morgan fingerprint density at radius 3 is 3.00 bits per heavy atom. The van der Waals surface area contributed by atoms with Gasteiger partial charge in [0.2, 0.25) is 0 Å². The van der Waals surface area contributed by atoms with Gasteiger partial charge in [-0.05, 0) is 45.1 Å². The molecule has 0 aromatic heterocycles. The van der Waals surface area contributed by atoms with Crippen molar-refractivity contribution in [3.63, 3.8) is 0 Å². The quantitative estimate of drug-likeness (QED) is 0.738. The minimum absolute atomic E-state index is 0.0851. The Kier molecular flexibility index (Phi) is 5.21. The Morgan fingerprint density at radius 2 is 2.31 bits per heavy atom. The third kappa shape index (κ3) is 4.16. The number of allylic oxidation sites excluding steroid dienone is 2. The minimum atomic E-state index is -0.220. The summed E-state index contributed by atoms with van der Waals surface area (Å²) in [6, 6.07) is 2.20. The molecular weight excluding hydrogens is 200 g/mol. The lowest BCUT2D eigenvalue weighted by Gasteiger charge is -2.10. The molecule has 0 fully saturated rings. The van der Waals surface area contributed by atoms with Crippen LogP contribution in [0.4, 0.5) is 0 Å². The molecule has 0 radical (unpaired) electrons. The van der Waals surface area contributed by atoms with Crippen LogP contribution in [0.2, 0.25) is 0 Å². The van der Waals surface area contributed by atoms with Gasteiger partial charge in [-0.25, -0.2) is 0 Å². The van der Waals surface area contributed by atoms with E-state index in [1.54, 1.807) is 0 Å². The van der Waals surface area contributed by atoms with E-state index in [1.165, 1.54) is 0 Å². The predicted octanol–water partition coefficient (Wildman–Crippen LogP) is 2.47. The molecule has 0 bridgehead atoms. The van der Waals surface area contributed by atoms with Crippen LogP contribution in [0, 0.1) is 17.2 Å². The van der Waals surface area contributed by atoms with Crippen molar-refractivity contribution in [1.29, 1.82) is 5.26 Å². The van der Waals surface area contributed by atoms with Gasteiger partial charge in [-0.3, -0.25) is 4.99 Å². The lowest BCUT2D eigenvalue weighted by atomic mass is 9.98. The Labute approximate surface area is 97.5 Å². The second-order valence-corrected chi connectivity index (χ2v) is 4.41. The molecule has 0 saturated heterocycles. The van der Waals surface area contributed by atoms with Gasteiger partial charge in [0.15, 0.2) is 0 Å². The zero-order valence-electron chi connectivity index (χ0n) is 10.1. The van der Waals surface area contributed by atoms with Crippen LogP contribution in [0.1, 0.15) is 39.5 Å². The molecule has 1 rings (SSSR count). The van der Waals surface area contributed by atoms with E-state index >= 15 is 0 Å². The van der Waals surface area contributed by atoms with Crippen LogP contribution < -0.4 is 0 Å². The third-order valence-corrected chi connectivity index (χ3v) is 2.91. The van der Waals surface area contributed by atoms with Crippen LogP contribution in [0.25, 0.3) is 0 Å². The van der Waals surface area contributed by atoms with Crippen LogP contribution in [0.15, 0.2) is 16.6 Å². The number of hydrogen-bond donors (Lipinski definition) is 1. The normalized spacial score (nSPS) is 27.2. The summed E-state index contributed by atoms with van der Waals surface area (Å²) in [6.45, 7) is 4.65. The number of nitrogens with zero attached hydrogens (tertiary/aromatic N) is 2. The lowest BCUT2D eigenvalue weighted by molar-refractivity contribution is 0.154. The highest BCUT2D eigenvalue weighted by Crippen LogP contribution is 2.17. The topological polar surface area (TPSA) is 56.4 Å². The van der Waals surface area contributed by atoms with E-state index in [-0.39, 0.29) is 12.0 Å². The van der Waals surface area contributed by atoms with Gasteiger partial charge in [0.05, 0.1) is 18.1 Å². The first-order valence-corrected chi connectivity index (χ1v) is 5.93. The highest BCUT2D eigenvalue weighted by molar-refractivity contribution is 5.98. The van der Waals surface area contributed by atoms with Gasteiger partial charge < -0.3 is 5.11 Å². The first-order chi connectivity index (χ1) is 7.63. The van der Waals surface area contributed by atoms with Gasteiger partial charge in [0, 0.05) is 12.3 Å². The Hall–Kier alpha value is -1.14. The summed E-state index contributed by atoms with van der Waals surface area (Å²) >= 11 is 0. The molecule has 16 heavy (non-hydrogen) atoms. The van der Waals surface area contributed by atoms with Gasteiger partial charge in [-0.15, -0.1) is 0 Å². The third-order valence-electron chi connectivity index (χ3n) is 2.91. The largest absolute Gasteiger partial charge is 0.393 e. The molecule has 0 aromatic rings. The fourth-order valence-electron chi connectivity index (χ4n) is 1.87. The van der Waals surface area contributed by atoms with Crippen molar-refractivity contribution < 1.29 is 5.11 Å². The van der Waals surface area contributed by atoms with Gasteiger partial charge >= 0.3 is 0 Å². The van der Waals surface area contributed by atoms with Gasteiger partial charge in [-0.1, -0.05) is 6.08 Å². The zero-order chi connectivity index (χ0) is 12.0. The van der Waals surface area contributed by atoms with Crippen LogP contribution in [-0.2, 0) is 0 Å². The van der Waals surface area contributed by atoms with E-state index in [0.717, 1.165) is 43.5 Å². The summed E-state index contributed by atoms with van der Waals surface area (Å²) in [7, 11) is 0. The van der Waals surface area contributed by atoms with Gasteiger partial charge in [0.25, 0.3) is 0 Å². The van der Waals surface area contributed by atoms with Crippen molar-refractivity contribution in [1.82, 2.24) is 0 Å². The number of aliphatic imine (C=N–C) groups is 1. The summed E-state index contributed by atoms with van der Waals surface area (Å²) in [5, 5.41) is 18.5. The van der Waals surface area contributed by atoms with E-state index in [2.05, 4.69) is 11.1 Å². The first-order valence-electron chi connectivity index (χ1n) is 5.93. The monoisotopic (exact) mass is 220 g/mol. The van der Waals surface area contributed by atoms with Gasteiger partial charge in [0.1, 0.15) is 0 Å². The molecule has 0 aromatic carbocycles. The predicted molar refractivity (Wildman–Crippen MR) is 65.3 cm³/mol. The molecule has 0 saturated carbocycles. The maximum Gasteiger partial charge on any atom is 0.0694 e. The Balaban J connectivity index is 2.81. The molecule has 3 heteroatoms. The summed E-state index contributed by atoms with van der Waals surface area (Å²) in [5.41, 5.74) is 2.14. The van der Waals surface area contributed by atoms with Crippen molar-refractivity contribution in [2.24, 2.45) is 10.9 Å². The van der Waals surface area contributed by atoms with Crippen LogP contribution in [0.5, 0.6) is 0 Å². The minimum Gasteiger partial charge on any atom is -0.393 e. The lowest BCUT2D eigenvalue weighted by Crippen LogP contribution is -2.07. The number of hydrogen-bond acceptors (Lipinski definition) is 3. The number of aliphatic hydroxyl groups is 1. The molecular formula is C13H20N2O. The van der Waals surface area contributed by atoms with E-state index in [9.17, 15) is 5.11 Å². The smallest absolute Gasteiger partial charge is 0.0694 e. The van der Waals surface area contributed by atoms with Crippen LogP contribution >= 0.6 is 0 Å². The molecule has 1 aliphatic rings. The standard InChI is InChI=1S/C13H20N2O/c1-10(9-14)8-12-5-6-13(16)4-3-7-15-11(12)2/h8,10,13,16H,3-7H2,1-2H3/b12-8-,15-11?.